The number of hydrogen-bond donors (Lipinski definition) is 1. The lowest BCUT2D eigenvalue weighted by Gasteiger charge is -2.12. The van der Waals surface area contributed by atoms with Crippen molar-refractivity contribution in [1.82, 2.24) is 19.6 Å². The Labute approximate surface area is 150 Å². The third-order valence-corrected chi connectivity index (χ3v) is 4.86. The summed E-state index contributed by atoms with van der Waals surface area (Å²) in [7, 11) is 0. The Kier molecular flexibility index (Phi) is 5.08. The van der Waals surface area contributed by atoms with Crippen molar-refractivity contribution < 1.29 is 18.3 Å². The number of nitrogens with zero attached hydrogens (tertiary/aromatic N) is 4. The minimum atomic E-state index is -4.68. The molecule has 0 aliphatic heterocycles. The highest BCUT2D eigenvalue weighted by Gasteiger charge is 2.38. The van der Waals surface area contributed by atoms with Crippen LogP contribution in [0.1, 0.15) is 31.2 Å². The molecule has 0 atom stereocenters. The van der Waals surface area contributed by atoms with E-state index in [0.717, 1.165) is 17.2 Å². The number of halogens is 4. The third kappa shape index (κ3) is 3.40. The Morgan fingerprint density at radius 1 is 1.28 bits per heavy atom. The second kappa shape index (κ2) is 6.97. The van der Waals surface area contributed by atoms with Gasteiger partial charge in [-0.05, 0) is 24.3 Å². The van der Waals surface area contributed by atoms with Crippen LogP contribution in [0.25, 0.3) is 16.7 Å². The number of aliphatic hydroxyl groups is 1. The van der Waals surface area contributed by atoms with E-state index in [1.807, 2.05) is 6.92 Å². The Balaban J connectivity index is 2.36. The van der Waals surface area contributed by atoms with Crippen LogP contribution in [0.3, 0.4) is 0 Å². The van der Waals surface area contributed by atoms with Crippen molar-refractivity contribution in [1.29, 1.82) is 0 Å². The summed E-state index contributed by atoms with van der Waals surface area (Å²) >= 11 is 7.32. The van der Waals surface area contributed by atoms with Crippen LogP contribution in [0.5, 0.6) is 0 Å². The topological polar surface area (TPSA) is 63.3 Å². The van der Waals surface area contributed by atoms with Crippen LogP contribution in [-0.4, -0.2) is 30.4 Å². The predicted molar refractivity (Wildman–Crippen MR) is 89.9 cm³/mol. The van der Waals surface area contributed by atoms with Gasteiger partial charge in [0.1, 0.15) is 5.03 Å². The van der Waals surface area contributed by atoms with Crippen LogP contribution in [0, 0.1) is 0 Å². The molecular formula is C15H14ClF3N4OS. The molecule has 2 heterocycles. The largest absolute Gasteiger partial charge is 0.452 e. The Morgan fingerprint density at radius 2 is 2.04 bits per heavy atom. The number of thioether (sulfide) groups is 1. The normalized spacial score (nSPS) is 12.4. The van der Waals surface area contributed by atoms with E-state index in [0.29, 0.717) is 16.3 Å². The molecule has 0 saturated heterocycles. The molecule has 0 amide bonds. The molecule has 0 aliphatic rings. The zero-order chi connectivity index (χ0) is 18.2. The van der Waals surface area contributed by atoms with Gasteiger partial charge in [0.05, 0.1) is 17.6 Å². The number of benzene rings is 1. The van der Waals surface area contributed by atoms with Crippen molar-refractivity contribution in [3.63, 3.8) is 0 Å². The summed E-state index contributed by atoms with van der Waals surface area (Å²) in [5.74, 6) is -0.445. The molecule has 1 aromatic carbocycles. The summed E-state index contributed by atoms with van der Waals surface area (Å²) in [6, 6.07) is 2.86. The summed E-state index contributed by atoms with van der Waals surface area (Å²) in [5, 5.41) is 17.1. The van der Waals surface area contributed by atoms with E-state index in [4.69, 9.17) is 11.6 Å². The average Bonchev–Trinajstić information content (AvgIpc) is 3.00. The second-order valence-corrected chi connectivity index (χ2v) is 6.91. The number of aromatic nitrogens is 4. The summed E-state index contributed by atoms with van der Waals surface area (Å²) in [6.07, 6.45) is -2.83. The summed E-state index contributed by atoms with van der Waals surface area (Å²) in [6.45, 7) is 1.63. The Morgan fingerprint density at radius 3 is 2.68 bits per heavy atom. The van der Waals surface area contributed by atoms with Crippen LogP contribution in [0.4, 0.5) is 13.2 Å². The number of fused-ring (bicyclic) bond motifs is 3. The van der Waals surface area contributed by atoms with Crippen LogP contribution < -0.4 is 0 Å². The van der Waals surface area contributed by atoms with Gasteiger partial charge in [0.25, 0.3) is 0 Å². The van der Waals surface area contributed by atoms with Gasteiger partial charge in [0, 0.05) is 10.6 Å². The quantitative estimate of drug-likeness (QED) is 0.519. The maximum atomic E-state index is 13.4. The van der Waals surface area contributed by atoms with Crippen molar-refractivity contribution >= 4 is 40.0 Å². The first kappa shape index (κ1) is 18.2. The van der Waals surface area contributed by atoms with Crippen molar-refractivity contribution in [2.24, 2.45) is 0 Å². The molecule has 0 bridgehead atoms. The van der Waals surface area contributed by atoms with Crippen LogP contribution in [0.2, 0.25) is 5.02 Å². The maximum Gasteiger partial charge on any atom is 0.452 e. The van der Waals surface area contributed by atoms with Gasteiger partial charge in [-0.25, -0.2) is 4.98 Å². The smallest absolute Gasteiger partial charge is 0.392 e. The summed E-state index contributed by atoms with van der Waals surface area (Å²) in [5.41, 5.74) is 0.753. The molecule has 0 saturated carbocycles. The van der Waals surface area contributed by atoms with E-state index < -0.39 is 18.6 Å². The summed E-state index contributed by atoms with van der Waals surface area (Å²) < 4.78 is 41.0. The summed E-state index contributed by atoms with van der Waals surface area (Å²) in [4.78, 5) is 4.44. The van der Waals surface area contributed by atoms with Crippen molar-refractivity contribution in [3.05, 3.63) is 28.5 Å². The van der Waals surface area contributed by atoms with Crippen LogP contribution in [-0.2, 0) is 12.8 Å². The number of unbranched alkanes of at least 4 members (excludes halogenated alkanes) is 1. The number of hydrogen-bond acceptors (Lipinski definition) is 5. The second-order valence-electron chi connectivity index (χ2n) is 5.39. The van der Waals surface area contributed by atoms with Crippen molar-refractivity contribution in [3.8, 4) is 0 Å². The highest BCUT2D eigenvalue weighted by Crippen LogP contribution is 2.34. The molecule has 0 aliphatic carbocycles. The zero-order valence-electron chi connectivity index (χ0n) is 13.1. The maximum absolute atomic E-state index is 13.4. The SMILES string of the molecule is CCCCSc1nc2c(CO)cc(Cl)cc2n2c(C(F)(F)F)nnc12. The van der Waals surface area contributed by atoms with E-state index >= 15 is 0 Å². The van der Waals surface area contributed by atoms with E-state index in [1.54, 1.807) is 0 Å². The molecule has 5 nitrogen and oxygen atoms in total. The van der Waals surface area contributed by atoms with Gasteiger partial charge in [0.15, 0.2) is 5.65 Å². The molecule has 134 valence electrons. The van der Waals surface area contributed by atoms with Crippen LogP contribution in [0.15, 0.2) is 17.2 Å². The minimum Gasteiger partial charge on any atom is -0.392 e. The molecule has 3 rings (SSSR count). The molecule has 0 unspecified atom stereocenters. The Bertz CT molecular complexity index is 929. The van der Waals surface area contributed by atoms with Gasteiger partial charge in [-0.3, -0.25) is 4.40 Å². The lowest BCUT2D eigenvalue weighted by Crippen LogP contribution is -2.12. The first-order chi connectivity index (χ1) is 11.9. The van der Waals surface area contributed by atoms with Crippen molar-refractivity contribution in [2.45, 2.75) is 37.6 Å². The zero-order valence-corrected chi connectivity index (χ0v) is 14.7. The van der Waals surface area contributed by atoms with E-state index in [-0.39, 0.29) is 21.7 Å². The van der Waals surface area contributed by atoms with E-state index in [1.165, 1.54) is 23.9 Å². The predicted octanol–water partition coefficient (Wildman–Crippen LogP) is 4.33. The monoisotopic (exact) mass is 390 g/mol. The fourth-order valence-electron chi connectivity index (χ4n) is 2.46. The lowest BCUT2D eigenvalue weighted by molar-refractivity contribution is -0.145. The molecule has 1 N–H and O–H groups in total. The van der Waals surface area contributed by atoms with Gasteiger partial charge in [0.2, 0.25) is 5.82 Å². The minimum absolute atomic E-state index is 0.0343. The van der Waals surface area contributed by atoms with Crippen molar-refractivity contribution in [2.75, 3.05) is 5.75 Å². The molecule has 3 aromatic rings. The van der Waals surface area contributed by atoms with E-state index in [2.05, 4.69) is 15.2 Å². The number of aliphatic hydroxyl groups excluding tert-OH is 1. The third-order valence-electron chi connectivity index (χ3n) is 3.60. The fraction of sp³-hybridized carbons (Fsp3) is 0.400. The standard InChI is InChI=1S/C15H14ClF3N4OS/c1-2-3-4-25-13-12-21-22-14(15(17,18)19)23(12)10-6-9(16)5-8(7-24)11(10)20-13/h5-6,24H,2-4,7H2,1H3. The molecular weight excluding hydrogens is 377 g/mol. The molecule has 0 fully saturated rings. The molecule has 2 aromatic heterocycles. The highest BCUT2D eigenvalue weighted by atomic mass is 35.5. The Hall–Kier alpha value is -1.58. The van der Waals surface area contributed by atoms with Gasteiger partial charge in [-0.15, -0.1) is 22.0 Å². The van der Waals surface area contributed by atoms with Gasteiger partial charge in [-0.2, -0.15) is 13.2 Å². The lowest BCUT2D eigenvalue weighted by atomic mass is 10.2. The highest BCUT2D eigenvalue weighted by molar-refractivity contribution is 7.99. The van der Waals surface area contributed by atoms with Gasteiger partial charge in [-0.1, -0.05) is 24.9 Å². The average molecular weight is 391 g/mol. The molecule has 25 heavy (non-hydrogen) atoms. The molecule has 0 radical (unpaired) electrons. The number of rotatable bonds is 5. The first-order valence-electron chi connectivity index (χ1n) is 7.55. The number of alkyl halides is 3. The van der Waals surface area contributed by atoms with Gasteiger partial charge < -0.3 is 5.11 Å². The first-order valence-corrected chi connectivity index (χ1v) is 8.91. The molecule has 0 spiro atoms. The fourth-order valence-corrected chi connectivity index (χ4v) is 3.73. The van der Waals surface area contributed by atoms with E-state index in [9.17, 15) is 18.3 Å². The molecule has 10 heteroatoms. The van der Waals surface area contributed by atoms with Gasteiger partial charge >= 0.3 is 6.18 Å². The van der Waals surface area contributed by atoms with Crippen LogP contribution >= 0.6 is 23.4 Å².